The van der Waals surface area contributed by atoms with Crippen LogP contribution in [0.25, 0.3) is 0 Å². The number of nitrogens with one attached hydrogen (secondary N) is 1. The van der Waals surface area contributed by atoms with E-state index in [0.29, 0.717) is 23.7 Å². The lowest BCUT2D eigenvalue weighted by molar-refractivity contribution is 0.182. The lowest BCUT2D eigenvalue weighted by Gasteiger charge is -2.37. The summed E-state index contributed by atoms with van der Waals surface area (Å²) in [7, 11) is 3.15. The van der Waals surface area contributed by atoms with Crippen LogP contribution in [-0.4, -0.2) is 41.2 Å². The summed E-state index contributed by atoms with van der Waals surface area (Å²) < 4.78 is 12.8. The summed E-state index contributed by atoms with van der Waals surface area (Å²) in [5.74, 6) is 1.18. The molecule has 7 heteroatoms. The second kappa shape index (κ2) is 7.64. The van der Waals surface area contributed by atoms with Crippen molar-refractivity contribution >= 4 is 11.7 Å². The summed E-state index contributed by atoms with van der Waals surface area (Å²) in [5.41, 5.74) is 2.76. The molecule has 1 atom stereocenters. The van der Waals surface area contributed by atoms with Gasteiger partial charge in [-0.15, -0.1) is 0 Å². The van der Waals surface area contributed by atoms with Crippen LogP contribution in [0, 0.1) is 0 Å². The first-order valence-corrected chi connectivity index (χ1v) is 9.06. The third kappa shape index (κ3) is 3.26. The predicted molar refractivity (Wildman–Crippen MR) is 106 cm³/mol. The highest BCUT2D eigenvalue weighted by Gasteiger charge is 2.32. The van der Waals surface area contributed by atoms with Crippen molar-refractivity contribution < 1.29 is 14.3 Å². The van der Waals surface area contributed by atoms with E-state index >= 15 is 0 Å². The van der Waals surface area contributed by atoms with Crippen LogP contribution in [0.2, 0.25) is 0 Å². The van der Waals surface area contributed by atoms with Crippen LogP contribution < -0.4 is 14.8 Å². The zero-order chi connectivity index (χ0) is 19.5. The summed E-state index contributed by atoms with van der Waals surface area (Å²) in [6.45, 7) is 1.36. The van der Waals surface area contributed by atoms with Gasteiger partial charge in [-0.1, -0.05) is 0 Å². The molecule has 0 saturated carbocycles. The maximum atomic E-state index is 13.2. The van der Waals surface area contributed by atoms with E-state index in [2.05, 4.69) is 20.9 Å². The zero-order valence-corrected chi connectivity index (χ0v) is 15.8. The molecule has 28 heavy (non-hydrogen) atoms. The number of ether oxygens (including phenoxy) is 2. The van der Waals surface area contributed by atoms with E-state index < -0.39 is 0 Å². The van der Waals surface area contributed by atoms with Crippen molar-refractivity contribution in [3.05, 3.63) is 72.3 Å². The van der Waals surface area contributed by atoms with Crippen molar-refractivity contribution in [2.75, 3.05) is 26.1 Å². The molecule has 1 aliphatic rings. The highest BCUT2D eigenvalue weighted by molar-refractivity contribution is 5.90. The standard InChI is InChI=1S/C21H22N4O3/c1-27-18-6-5-16(14-19(18)28-2)23-21(26)25-13-12-24-11-3-4-17(24)20(25)15-7-9-22-10-8-15/h3-11,14,20H,12-13H2,1-2H3,(H,23,26). The Morgan fingerprint density at radius 2 is 1.86 bits per heavy atom. The highest BCUT2D eigenvalue weighted by Crippen LogP contribution is 2.34. The van der Waals surface area contributed by atoms with Crippen molar-refractivity contribution in [3.8, 4) is 11.5 Å². The fourth-order valence-corrected chi connectivity index (χ4v) is 3.61. The van der Waals surface area contributed by atoms with Gasteiger partial charge in [0, 0.05) is 49.1 Å². The third-order valence-corrected chi connectivity index (χ3v) is 4.96. The summed E-state index contributed by atoms with van der Waals surface area (Å²) in [4.78, 5) is 19.1. The molecule has 1 aliphatic heterocycles. The van der Waals surface area contributed by atoms with Crippen molar-refractivity contribution in [3.63, 3.8) is 0 Å². The first kappa shape index (κ1) is 17.9. The molecule has 7 nitrogen and oxygen atoms in total. The Labute approximate surface area is 163 Å². The Balaban J connectivity index is 1.63. The number of hydrogen-bond donors (Lipinski definition) is 1. The van der Waals surface area contributed by atoms with Crippen molar-refractivity contribution in [2.24, 2.45) is 0 Å². The van der Waals surface area contributed by atoms with Crippen LogP contribution in [0.4, 0.5) is 10.5 Å². The van der Waals surface area contributed by atoms with E-state index in [9.17, 15) is 4.79 Å². The largest absolute Gasteiger partial charge is 0.493 e. The Morgan fingerprint density at radius 1 is 1.07 bits per heavy atom. The molecule has 0 aliphatic carbocycles. The molecule has 0 saturated heterocycles. The minimum Gasteiger partial charge on any atom is -0.493 e. The monoisotopic (exact) mass is 378 g/mol. The first-order valence-electron chi connectivity index (χ1n) is 9.06. The number of carbonyl (C=O) groups excluding carboxylic acids is 1. The molecule has 0 bridgehead atoms. The second-order valence-electron chi connectivity index (χ2n) is 6.50. The van der Waals surface area contributed by atoms with E-state index in [4.69, 9.17) is 9.47 Å². The van der Waals surface area contributed by atoms with Crippen LogP contribution >= 0.6 is 0 Å². The number of anilines is 1. The molecule has 3 aromatic rings. The van der Waals surface area contributed by atoms with Gasteiger partial charge in [0.25, 0.3) is 0 Å². The lowest BCUT2D eigenvalue weighted by Crippen LogP contribution is -2.44. The van der Waals surface area contributed by atoms with Gasteiger partial charge in [-0.3, -0.25) is 4.98 Å². The molecular formula is C21H22N4O3. The molecule has 1 N–H and O–H groups in total. The number of aromatic nitrogens is 2. The number of pyridine rings is 1. The van der Waals surface area contributed by atoms with Gasteiger partial charge in [0.2, 0.25) is 0 Å². The molecule has 3 heterocycles. The van der Waals surface area contributed by atoms with Crippen molar-refractivity contribution in [2.45, 2.75) is 12.6 Å². The molecule has 2 aromatic heterocycles. The SMILES string of the molecule is COc1ccc(NC(=O)N2CCn3cccc3C2c2ccncc2)cc1OC. The average molecular weight is 378 g/mol. The second-order valence-corrected chi connectivity index (χ2v) is 6.50. The maximum Gasteiger partial charge on any atom is 0.322 e. The Morgan fingerprint density at radius 3 is 2.61 bits per heavy atom. The number of urea groups is 1. The van der Waals surface area contributed by atoms with E-state index in [1.807, 2.05) is 29.3 Å². The lowest BCUT2D eigenvalue weighted by atomic mass is 10.0. The van der Waals surface area contributed by atoms with Gasteiger partial charge >= 0.3 is 6.03 Å². The molecule has 0 spiro atoms. The maximum absolute atomic E-state index is 13.2. The fourth-order valence-electron chi connectivity index (χ4n) is 3.61. The van der Waals surface area contributed by atoms with Gasteiger partial charge in [-0.05, 0) is 42.0 Å². The summed E-state index contributed by atoms with van der Waals surface area (Å²) >= 11 is 0. The van der Waals surface area contributed by atoms with Gasteiger partial charge in [0.1, 0.15) is 0 Å². The van der Waals surface area contributed by atoms with Crippen LogP contribution in [0.1, 0.15) is 17.3 Å². The molecule has 1 unspecified atom stereocenters. The molecule has 144 valence electrons. The Kier molecular flexibility index (Phi) is 4.89. The highest BCUT2D eigenvalue weighted by atomic mass is 16.5. The number of rotatable bonds is 4. The van der Waals surface area contributed by atoms with Crippen LogP contribution in [0.3, 0.4) is 0 Å². The number of methoxy groups -OCH3 is 2. The Bertz CT molecular complexity index is 971. The zero-order valence-electron chi connectivity index (χ0n) is 15.8. The number of amides is 2. The third-order valence-electron chi connectivity index (χ3n) is 4.96. The molecular weight excluding hydrogens is 356 g/mol. The van der Waals surface area contributed by atoms with Crippen molar-refractivity contribution in [1.29, 1.82) is 0 Å². The predicted octanol–water partition coefficient (Wildman–Crippen LogP) is 3.54. The number of hydrogen-bond acceptors (Lipinski definition) is 4. The average Bonchev–Trinajstić information content (AvgIpc) is 3.22. The minimum absolute atomic E-state index is 0.165. The minimum atomic E-state index is -0.174. The first-order chi connectivity index (χ1) is 13.7. The summed E-state index contributed by atoms with van der Waals surface area (Å²) in [6.07, 6.45) is 5.55. The van der Waals surface area contributed by atoms with E-state index in [1.165, 1.54) is 0 Å². The van der Waals surface area contributed by atoms with Gasteiger partial charge in [0.15, 0.2) is 11.5 Å². The quantitative estimate of drug-likeness (QED) is 0.754. The molecule has 2 amide bonds. The summed E-state index contributed by atoms with van der Waals surface area (Å²) in [5, 5.41) is 2.99. The van der Waals surface area contributed by atoms with Crippen LogP contribution in [0.5, 0.6) is 11.5 Å². The fraction of sp³-hybridized carbons (Fsp3) is 0.238. The van der Waals surface area contributed by atoms with Gasteiger partial charge < -0.3 is 24.3 Å². The normalized spacial score (nSPS) is 15.6. The number of carbonyl (C=O) groups is 1. The molecule has 0 fully saturated rings. The molecule has 4 rings (SSSR count). The van der Waals surface area contributed by atoms with E-state index in [1.54, 1.807) is 44.8 Å². The van der Waals surface area contributed by atoms with Gasteiger partial charge in [-0.25, -0.2) is 4.79 Å². The summed E-state index contributed by atoms with van der Waals surface area (Å²) in [6, 6.07) is 13.0. The number of benzene rings is 1. The van der Waals surface area contributed by atoms with Gasteiger partial charge in [0.05, 0.1) is 20.3 Å². The smallest absolute Gasteiger partial charge is 0.322 e. The topological polar surface area (TPSA) is 68.6 Å². The molecule has 1 aromatic carbocycles. The van der Waals surface area contributed by atoms with Crippen LogP contribution in [0.15, 0.2) is 61.1 Å². The van der Waals surface area contributed by atoms with Gasteiger partial charge in [-0.2, -0.15) is 0 Å². The molecule has 0 radical (unpaired) electrons. The Hall–Kier alpha value is -3.48. The van der Waals surface area contributed by atoms with Crippen molar-refractivity contribution in [1.82, 2.24) is 14.5 Å². The van der Waals surface area contributed by atoms with E-state index in [0.717, 1.165) is 17.8 Å². The number of nitrogens with zero attached hydrogens (tertiary/aromatic N) is 3. The van der Waals surface area contributed by atoms with E-state index in [-0.39, 0.29) is 12.1 Å². The number of fused-ring (bicyclic) bond motifs is 1. The van der Waals surface area contributed by atoms with Crippen LogP contribution in [-0.2, 0) is 6.54 Å².